The Morgan fingerprint density at radius 2 is 1.83 bits per heavy atom. The number of nitrogens with two attached hydrogens (primary N) is 1. The molecule has 0 spiro atoms. The maximum atomic E-state index is 12.1. The largest absolute Gasteiger partial charge is 0.392 e. The Morgan fingerprint density at radius 1 is 1.33 bits per heavy atom. The molecule has 1 rings (SSSR count). The highest BCUT2D eigenvalue weighted by Crippen LogP contribution is 2.19. The average Bonchev–Trinajstić information content (AvgIpc) is 2.80. The lowest BCUT2D eigenvalue weighted by molar-refractivity contribution is -0.142. The highest BCUT2D eigenvalue weighted by molar-refractivity contribution is 7.80. The summed E-state index contributed by atoms with van der Waals surface area (Å²) in [7, 11) is 1.61. The van der Waals surface area contributed by atoms with E-state index in [9.17, 15) is 9.59 Å². The summed E-state index contributed by atoms with van der Waals surface area (Å²) >= 11 is 4.88. The molecule has 0 aromatic carbocycles. The fourth-order valence-electron chi connectivity index (χ4n) is 1.92. The molecule has 0 aliphatic carbocycles. The molecule has 6 heteroatoms. The summed E-state index contributed by atoms with van der Waals surface area (Å²) in [6.07, 6.45) is 2.09. The van der Waals surface area contributed by atoms with Crippen LogP contribution in [0.4, 0.5) is 0 Å². The Morgan fingerprint density at radius 3 is 2.28 bits per heavy atom. The van der Waals surface area contributed by atoms with Crippen LogP contribution in [0.15, 0.2) is 0 Å². The lowest BCUT2D eigenvalue weighted by Gasteiger charge is -2.29. The standard InChI is InChI=1S/C12H21N3O2S/c1-12(2,10(13)18)11(17)14(3)8-9(16)15-6-4-5-7-15/h4-8H2,1-3H3,(H2,13,18). The van der Waals surface area contributed by atoms with Crippen LogP contribution in [0.25, 0.3) is 0 Å². The van der Waals surface area contributed by atoms with Crippen molar-refractivity contribution >= 4 is 29.0 Å². The summed E-state index contributed by atoms with van der Waals surface area (Å²) in [5.41, 5.74) is 4.64. The molecule has 0 aromatic heterocycles. The summed E-state index contributed by atoms with van der Waals surface area (Å²) in [4.78, 5) is 27.4. The Bertz CT molecular complexity index is 362. The van der Waals surface area contributed by atoms with Crippen molar-refractivity contribution in [3.63, 3.8) is 0 Å². The van der Waals surface area contributed by atoms with E-state index >= 15 is 0 Å². The smallest absolute Gasteiger partial charge is 0.242 e. The first-order chi connectivity index (χ1) is 8.26. The van der Waals surface area contributed by atoms with Crippen LogP contribution in [-0.4, -0.2) is 53.3 Å². The van der Waals surface area contributed by atoms with Crippen LogP contribution in [-0.2, 0) is 9.59 Å². The molecule has 1 aliphatic heterocycles. The van der Waals surface area contributed by atoms with Crippen molar-refractivity contribution in [3.8, 4) is 0 Å². The van der Waals surface area contributed by atoms with Gasteiger partial charge in [-0.25, -0.2) is 0 Å². The summed E-state index contributed by atoms with van der Waals surface area (Å²) in [5, 5.41) is 0. The molecule has 1 saturated heterocycles. The fraction of sp³-hybridized carbons (Fsp3) is 0.750. The summed E-state index contributed by atoms with van der Waals surface area (Å²) in [6, 6.07) is 0. The van der Waals surface area contributed by atoms with E-state index in [0.29, 0.717) is 0 Å². The Balaban J connectivity index is 2.59. The van der Waals surface area contributed by atoms with Gasteiger partial charge >= 0.3 is 0 Å². The van der Waals surface area contributed by atoms with E-state index in [1.54, 1.807) is 25.8 Å². The van der Waals surface area contributed by atoms with Gasteiger partial charge < -0.3 is 15.5 Å². The van der Waals surface area contributed by atoms with Crippen molar-refractivity contribution in [2.45, 2.75) is 26.7 Å². The highest BCUT2D eigenvalue weighted by atomic mass is 32.1. The topological polar surface area (TPSA) is 66.6 Å². The van der Waals surface area contributed by atoms with Crippen LogP contribution >= 0.6 is 12.2 Å². The maximum absolute atomic E-state index is 12.1. The number of likely N-dealkylation sites (tertiary alicyclic amines) is 1. The molecule has 0 atom stereocenters. The quantitative estimate of drug-likeness (QED) is 0.751. The second-order valence-electron chi connectivity index (χ2n) is 5.24. The highest BCUT2D eigenvalue weighted by Gasteiger charge is 2.34. The molecule has 0 radical (unpaired) electrons. The zero-order valence-corrected chi connectivity index (χ0v) is 12.0. The van der Waals surface area contributed by atoms with Crippen molar-refractivity contribution in [2.75, 3.05) is 26.7 Å². The van der Waals surface area contributed by atoms with Gasteiger partial charge in [-0.1, -0.05) is 12.2 Å². The van der Waals surface area contributed by atoms with Gasteiger partial charge in [0, 0.05) is 20.1 Å². The lowest BCUT2D eigenvalue weighted by Crippen LogP contribution is -2.48. The number of likely N-dealkylation sites (N-methyl/N-ethyl adjacent to an activating group) is 1. The SMILES string of the molecule is CN(CC(=O)N1CCCC1)C(=O)C(C)(C)C(N)=S. The number of rotatable bonds is 4. The minimum absolute atomic E-state index is 0.0120. The second kappa shape index (κ2) is 5.65. The first kappa shape index (κ1) is 14.9. The van der Waals surface area contributed by atoms with E-state index in [0.717, 1.165) is 25.9 Å². The molecule has 0 unspecified atom stereocenters. The summed E-state index contributed by atoms with van der Waals surface area (Å²) in [5.74, 6) is -0.232. The van der Waals surface area contributed by atoms with Crippen molar-refractivity contribution in [3.05, 3.63) is 0 Å². The van der Waals surface area contributed by atoms with E-state index in [4.69, 9.17) is 18.0 Å². The van der Waals surface area contributed by atoms with Crippen molar-refractivity contribution in [2.24, 2.45) is 11.1 Å². The van der Waals surface area contributed by atoms with Crippen molar-refractivity contribution in [1.82, 2.24) is 9.80 Å². The van der Waals surface area contributed by atoms with E-state index in [1.165, 1.54) is 4.90 Å². The molecular weight excluding hydrogens is 250 g/mol. The summed E-state index contributed by atoms with van der Waals surface area (Å²) in [6.45, 7) is 5.02. The van der Waals surface area contributed by atoms with Gasteiger partial charge in [-0.3, -0.25) is 9.59 Å². The van der Waals surface area contributed by atoms with Crippen molar-refractivity contribution < 1.29 is 9.59 Å². The number of amides is 2. The zero-order valence-electron chi connectivity index (χ0n) is 11.2. The average molecular weight is 271 g/mol. The second-order valence-corrected chi connectivity index (χ2v) is 5.68. The fourth-order valence-corrected chi connectivity index (χ4v) is 2.01. The van der Waals surface area contributed by atoms with Crippen LogP contribution in [0.1, 0.15) is 26.7 Å². The van der Waals surface area contributed by atoms with Crippen LogP contribution in [0.3, 0.4) is 0 Å². The first-order valence-corrected chi connectivity index (χ1v) is 6.51. The number of thiocarbonyl (C=S) groups is 1. The third kappa shape index (κ3) is 3.19. The molecule has 2 amide bonds. The van der Waals surface area contributed by atoms with Gasteiger partial charge in [0.25, 0.3) is 0 Å². The summed E-state index contributed by atoms with van der Waals surface area (Å²) < 4.78 is 0. The molecule has 0 aromatic rings. The van der Waals surface area contributed by atoms with Gasteiger partial charge in [0.1, 0.15) is 0 Å². The number of nitrogens with zero attached hydrogens (tertiary/aromatic N) is 2. The van der Waals surface area contributed by atoms with Crippen LogP contribution in [0, 0.1) is 5.41 Å². The van der Waals surface area contributed by atoms with E-state index in [2.05, 4.69) is 0 Å². The van der Waals surface area contributed by atoms with Crippen LogP contribution in [0.5, 0.6) is 0 Å². The van der Waals surface area contributed by atoms with Crippen LogP contribution in [0.2, 0.25) is 0 Å². The predicted molar refractivity (Wildman–Crippen MR) is 74.0 cm³/mol. The third-order valence-electron chi connectivity index (χ3n) is 3.33. The van der Waals surface area contributed by atoms with E-state index < -0.39 is 5.41 Å². The number of carbonyl (C=O) groups excluding carboxylic acids is 2. The molecule has 0 saturated carbocycles. The van der Waals surface area contributed by atoms with E-state index in [-0.39, 0.29) is 23.3 Å². The van der Waals surface area contributed by atoms with Gasteiger partial charge in [0.2, 0.25) is 11.8 Å². The monoisotopic (exact) mass is 271 g/mol. The molecule has 1 heterocycles. The number of hydrogen-bond acceptors (Lipinski definition) is 3. The van der Waals surface area contributed by atoms with Crippen molar-refractivity contribution in [1.29, 1.82) is 0 Å². The van der Waals surface area contributed by atoms with Gasteiger partial charge in [0.05, 0.1) is 16.9 Å². The minimum atomic E-state index is -0.907. The number of hydrogen-bond donors (Lipinski definition) is 1. The Labute approximate surface area is 113 Å². The molecule has 1 aliphatic rings. The Hall–Kier alpha value is -1.17. The lowest BCUT2D eigenvalue weighted by atomic mass is 9.92. The molecule has 0 bridgehead atoms. The normalized spacial score (nSPS) is 15.6. The van der Waals surface area contributed by atoms with E-state index in [1.807, 2.05) is 0 Å². The molecule has 1 fully saturated rings. The molecule has 5 nitrogen and oxygen atoms in total. The predicted octanol–water partition coefficient (Wildman–Crippen LogP) is 0.380. The zero-order chi connectivity index (χ0) is 13.9. The number of carbonyl (C=O) groups is 2. The Kier molecular flexibility index (Phi) is 4.67. The molecule has 102 valence electrons. The molecule has 2 N–H and O–H groups in total. The van der Waals surface area contributed by atoms with Gasteiger partial charge in [-0.2, -0.15) is 0 Å². The minimum Gasteiger partial charge on any atom is -0.392 e. The molecular formula is C12H21N3O2S. The van der Waals surface area contributed by atoms with Gasteiger partial charge in [0.15, 0.2) is 0 Å². The van der Waals surface area contributed by atoms with Gasteiger partial charge in [-0.05, 0) is 26.7 Å². The third-order valence-corrected chi connectivity index (χ3v) is 3.84. The van der Waals surface area contributed by atoms with Crippen LogP contribution < -0.4 is 5.73 Å². The first-order valence-electron chi connectivity index (χ1n) is 6.10. The van der Waals surface area contributed by atoms with Gasteiger partial charge in [-0.15, -0.1) is 0 Å². The molecule has 18 heavy (non-hydrogen) atoms. The maximum Gasteiger partial charge on any atom is 0.242 e.